The SMILES string of the molecule is Cc1nc(SCCS)n[nH]1. The summed E-state index contributed by atoms with van der Waals surface area (Å²) in [5.74, 6) is 2.68. The van der Waals surface area contributed by atoms with Crippen LogP contribution in [0.3, 0.4) is 0 Å². The summed E-state index contributed by atoms with van der Waals surface area (Å²) in [6.07, 6.45) is 0. The average molecular weight is 175 g/mol. The number of thioether (sulfide) groups is 1. The maximum Gasteiger partial charge on any atom is 0.208 e. The van der Waals surface area contributed by atoms with E-state index in [0.29, 0.717) is 0 Å². The molecule has 0 amide bonds. The minimum Gasteiger partial charge on any atom is -0.262 e. The van der Waals surface area contributed by atoms with Gasteiger partial charge in [0.2, 0.25) is 5.16 Å². The van der Waals surface area contributed by atoms with Gasteiger partial charge in [-0.05, 0) is 12.7 Å². The Kier molecular flexibility index (Phi) is 3.08. The zero-order valence-corrected chi connectivity index (χ0v) is 7.38. The molecule has 0 saturated heterocycles. The second-order valence-corrected chi connectivity index (χ2v) is 3.28. The van der Waals surface area contributed by atoms with Gasteiger partial charge in [0.25, 0.3) is 0 Å². The molecule has 0 radical (unpaired) electrons. The normalized spacial score (nSPS) is 10.2. The third-order valence-electron chi connectivity index (χ3n) is 0.899. The Bertz CT molecular complexity index is 199. The molecular formula is C5H9N3S2. The number of hydrogen-bond acceptors (Lipinski definition) is 4. The van der Waals surface area contributed by atoms with Gasteiger partial charge in [0.1, 0.15) is 5.82 Å². The Morgan fingerprint density at radius 3 is 3.00 bits per heavy atom. The minimum absolute atomic E-state index is 0.812. The van der Waals surface area contributed by atoms with Gasteiger partial charge in [0.15, 0.2) is 0 Å². The molecule has 0 unspecified atom stereocenters. The zero-order chi connectivity index (χ0) is 7.40. The minimum atomic E-state index is 0.812. The van der Waals surface area contributed by atoms with Crippen molar-refractivity contribution in [1.29, 1.82) is 0 Å². The first-order valence-electron chi connectivity index (χ1n) is 2.95. The number of thiol groups is 1. The lowest BCUT2D eigenvalue weighted by Crippen LogP contribution is -1.80. The lowest BCUT2D eigenvalue weighted by molar-refractivity contribution is 0.970. The van der Waals surface area contributed by atoms with Crippen LogP contribution in [0, 0.1) is 6.92 Å². The summed E-state index contributed by atoms with van der Waals surface area (Å²) in [4.78, 5) is 4.11. The van der Waals surface area contributed by atoms with Gasteiger partial charge in [-0.1, -0.05) is 11.8 Å². The number of aromatic nitrogens is 3. The van der Waals surface area contributed by atoms with E-state index in [9.17, 15) is 0 Å². The van der Waals surface area contributed by atoms with E-state index in [1.165, 1.54) is 0 Å². The standard InChI is InChI=1S/C5H9N3S2/c1-4-6-5(8-7-4)10-3-2-9/h9H,2-3H2,1H3,(H,6,7,8). The van der Waals surface area contributed by atoms with Crippen molar-refractivity contribution < 1.29 is 0 Å². The molecule has 56 valence electrons. The summed E-state index contributed by atoms with van der Waals surface area (Å²) < 4.78 is 0. The molecule has 0 aliphatic heterocycles. The van der Waals surface area contributed by atoms with Gasteiger partial charge in [0.05, 0.1) is 0 Å². The molecule has 1 aromatic rings. The lowest BCUT2D eigenvalue weighted by atomic mass is 10.8. The van der Waals surface area contributed by atoms with E-state index in [-0.39, 0.29) is 0 Å². The third-order valence-corrected chi connectivity index (χ3v) is 2.27. The Hall–Kier alpha value is -0.160. The predicted octanol–water partition coefficient (Wildman–Crippen LogP) is 1.14. The maximum atomic E-state index is 4.11. The maximum absolute atomic E-state index is 4.11. The van der Waals surface area contributed by atoms with Crippen LogP contribution in [0.2, 0.25) is 0 Å². The van der Waals surface area contributed by atoms with Crippen molar-refractivity contribution in [3.05, 3.63) is 5.82 Å². The van der Waals surface area contributed by atoms with Crippen molar-refractivity contribution in [1.82, 2.24) is 15.2 Å². The topological polar surface area (TPSA) is 41.6 Å². The van der Waals surface area contributed by atoms with Gasteiger partial charge in [-0.25, -0.2) is 4.98 Å². The fourth-order valence-corrected chi connectivity index (χ4v) is 1.38. The highest BCUT2D eigenvalue weighted by molar-refractivity contribution is 7.99. The Balaban J connectivity index is 2.42. The van der Waals surface area contributed by atoms with E-state index in [0.717, 1.165) is 22.5 Å². The highest BCUT2D eigenvalue weighted by atomic mass is 32.2. The second-order valence-electron chi connectivity index (χ2n) is 1.78. The van der Waals surface area contributed by atoms with E-state index < -0.39 is 0 Å². The Morgan fingerprint density at radius 2 is 2.50 bits per heavy atom. The molecule has 0 aromatic carbocycles. The molecule has 0 bridgehead atoms. The van der Waals surface area contributed by atoms with Crippen LogP contribution in [0.25, 0.3) is 0 Å². The van der Waals surface area contributed by atoms with Crippen LogP contribution in [-0.2, 0) is 0 Å². The summed E-state index contributed by atoms with van der Waals surface area (Å²) in [5, 5.41) is 7.53. The molecule has 0 aliphatic carbocycles. The van der Waals surface area contributed by atoms with E-state index in [1.807, 2.05) is 6.92 Å². The molecule has 1 heterocycles. The van der Waals surface area contributed by atoms with Gasteiger partial charge < -0.3 is 0 Å². The first-order chi connectivity index (χ1) is 4.83. The van der Waals surface area contributed by atoms with Gasteiger partial charge in [-0.3, -0.25) is 5.10 Å². The van der Waals surface area contributed by atoms with Gasteiger partial charge in [-0.15, -0.1) is 5.10 Å². The molecule has 1 aromatic heterocycles. The first kappa shape index (κ1) is 7.94. The molecule has 0 fully saturated rings. The Labute approximate surface area is 69.4 Å². The quantitative estimate of drug-likeness (QED) is 0.534. The van der Waals surface area contributed by atoms with Crippen LogP contribution in [0.1, 0.15) is 5.82 Å². The highest BCUT2D eigenvalue weighted by Gasteiger charge is 1.97. The van der Waals surface area contributed by atoms with Crippen molar-refractivity contribution >= 4 is 24.4 Å². The van der Waals surface area contributed by atoms with Crippen LogP contribution < -0.4 is 0 Å². The monoisotopic (exact) mass is 175 g/mol. The third kappa shape index (κ3) is 2.22. The predicted molar refractivity (Wildman–Crippen MR) is 45.7 cm³/mol. The average Bonchev–Trinajstić information content (AvgIpc) is 2.31. The molecule has 1 N–H and O–H groups in total. The van der Waals surface area contributed by atoms with Crippen LogP contribution in [0.15, 0.2) is 5.16 Å². The lowest BCUT2D eigenvalue weighted by Gasteiger charge is -1.87. The summed E-state index contributed by atoms with van der Waals surface area (Å²) in [7, 11) is 0. The summed E-state index contributed by atoms with van der Waals surface area (Å²) >= 11 is 5.68. The number of H-pyrrole nitrogens is 1. The number of hydrogen-bond donors (Lipinski definition) is 2. The number of aryl methyl sites for hydroxylation is 1. The molecule has 5 heteroatoms. The first-order valence-corrected chi connectivity index (χ1v) is 4.57. The number of aromatic amines is 1. The van der Waals surface area contributed by atoms with E-state index >= 15 is 0 Å². The van der Waals surface area contributed by atoms with Gasteiger partial charge >= 0.3 is 0 Å². The highest BCUT2D eigenvalue weighted by Crippen LogP contribution is 2.11. The molecule has 0 spiro atoms. The number of rotatable bonds is 3. The fourth-order valence-electron chi connectivity index (χ4n) is 0.524. The van der Waals surface area contributed by atoms with E-state index in [2.05, 4.69) is 27.8 Å². The van der Waals surface area contributed by atoms with E-state index in [4.69, 9.17) is 0 Å². The largest absolute Gasteiger partial charge is 0.262 e. The molecule has 0 saturated carbocycles. The number of nitrogens with zero attached hydrogens (tertiary/aromatic N) is 2. The molecular weight excluding hydrogens is 166 g/mol. The van der Waals surface area contributed by atoms with Crippen molar-refractivity contribution in [3.63, 3.8) is 0 Å². The van der Waals surface area contributed by atoms with Crippen LogP contribution in [0.5, 0.6) is 0 Å². The smallest absolute Gasteiger partial charge is 0.208 e. The van der Waals surface area contributed by atoms with E-state index in [1.54, 1.807) is 11.8 Å². The molecule has 1 rings (SSSR count). The summed E-state index contributed by atoms with van der Waals surface area (Å²) in [6.45, 7) is 1.89. The molecule has 3 nitrogen and oxygen atoms in total. The molecule has 0 atom stereocenters. The zero-order valence-electron chi connectivity index (χ0n) is 5.66. The van der Waals surface area contributed by atoms with Crippen molar-refractivity contribution in [3.8, 4) is 0 Å². The summed E-state index contributed by atoms with van der Waals surface area (Å²) in [5.41, 5.74) is 0. The van der Waals surface area contributed by atoms with Gasteiger partial charge in [0, 0.05) is 5.75 Å². The molecule has 10 heavy (non-hydrogen) atoms. The van der Waals surface area contributed by atoms with Crippen LogP contribution >= 0.6 is 24.4 Å². The van der Waals surface area contributed by atoms with Gasteiger partial charge in [-0.2, -0.15) is 12.6 Å². The van der Waals surface area contributed by atoms with Crippen molar-refractivity contribution in [2.24, 2.45) is 0 Å². The number of nitrogens with one attached hydrogen (secondary N) is 1. The molecule has 0 aliphatic rings. The van der Waals surface area contributed by atoms with Crippen molar-refractivity contribution in [2.45, 2.75) is 12.1 Å². The van der Waals surface area contributed by atoms with Crippen LogP contribution in [0.4, 0.5) is 0 Å². The van der Waals surface area contributed by atoms with Crippen molar-refractivity contribution in [2.75, 3.05) is 11.5 Å². The summed E-state index contributed by atoms with van der Waals surface area (Å²) in [6, 6.07) is 0. The van der Waals surface area contributed by atoms with Crippen LogP contribution in [-0.4, -0.2) is 26.7 Å². The fraction of sp³-hybridized carbons (Fsp3) is 0.600. The second kappa shape index (κ2) is 3.88. The Morgan fingerprint density at radius 1 is 1.70 bits per heavy atom.